The van der Waals surface area contributed by atoms with Gasteiger partial charge in [0.1, 0.15) is 0 Å². The van der Waals surface area contributed by atoms with Crippen molar-refractivity contribution in [1.29, 1.82) is 0 Å². The molecule has 1 aromatic heterocycles. The molecule has 0 aliphatic heterocycles. The normalized spacial score (nSPS) is 10.6. The molecular weight excluding hydrogens is 275 g/mol. The van der Waals surface area contributed by atoms with Crippen LogP contribution in [0, 0.1) is 13.8 Å². The van der Waals surface area contributed by atoms with Crippen LogP contribution in [-0.2, 0) is 6.54 Å². The van der Waals surface area contributed by atoms with Crippen LogP contribution in [0.25, 0.3) is 0 Å². The fourth-order valence-corrected chi connectivity index (χ4v) is 2.98. The number of hydrogen-bond donors (Lipinski definition) is 1. The summed E-state index contributed by atoms with van der Waals surface area (Å²) in [5.41, 5.74) is 2.00. The number of halogens is 2. The van der Waals surface area contributed by atoms with E-state index in [2.05, 4.69) is 10.3 Å². The molecule has 0 aliphatic rings. The molecule has 0 spiro atoms. The first-order valence-corrected chi connectivity index (χ1v) is 6.75. The average Bonchev–Trinajstić information content (AvgIpc) is 2.53. The first-order valence-electron chi connectivity index (χ1n) is 5.17. The molecule has 1 heterocycles. The Bertz CT molecular complexity index is 517. The molecule has 1 aromatic carbocycles. The Morgan fingerprint density at radius 3 is 2.35 bits per heavy atom. The summed E-state index contributed by atoms with van der Waals surface area (Å²) in [6.45, 7) is 4.77. The quantitative estimate of drug-likeness (QED) is 0.886. The second kappa shape index (κ2) is 5.25. The molecule has 0 radical (unpaired) electrons. The highest BCUT2D eigenvalue weighted by Gasteiger charge is 2.05. The van der Waals surface area contributed by atoms with E-state index >= 15 is 0 Å². The maximum absolute atomic E-state index is 5.93. The third-order valence-electron chi connectivity index (χ3n) is 2.32. The third kappa shape index (κ3) is 3.35. The predicted molar refractivity (Wildman–Crippen MR) is 75.4 cm³/mol. The number of rotatable bonds is 3. The Hall–Kier alpha value is -0.770. The van der Waals surface area contributed by atoms with Crippen molar-refractivity contribution < 1.29 is 0 Å². The molecule has 90 valence electrons. The van der Waals surface area contributed by atoms with Gasteiger partial charge >= 0.3 is 0 Å². The Labute approximate surface area is 115 Å². The van der Waals surface area contributed by atoms with Crippen LogP contribution < -0.4 is 5.32 Å². The summed E-state index contributed by atoms with van der Waals surface area (Å²) in [5, 5.41) is 5.66. The van der Waals surface area contributed by atoms with Crippen LogP contribution in [-0.4, -0.2) is 4.98 Å². The number of hydrogen-bond acceptors (Lipinski definition) is 3. The Morgan fingerprint density at radius 2 is 1.82 bits per heavy atom. The molecule has 1 N–H and O–H groups in total. The van der Waals surface area contributed by atoms with Gasteiger partial charge in [0, 0.05) is 20.6 Å². The first kappa shape index (κ1) is 12.7. The number of thiazole rings is 1. The highest BCUT2D eigenvalue weighted by Crippen LogP contribution is 2.24. The number of aromatic nitrogens is 1. The van der Waals surface area contributed by atoms with Gasteiger partial charge in [-0.2, -0.15) is 0 Å². The molecular formula is C12H12Cl2N2S. The molecule has 2 aromatic rings. The van der Waals surface area contributed by atoms with Crippen LogP contribution in [0.1, 0.15) is 15.6 Å². The van der Waals surface area contributed by atoms with Crippen molar-refractivity contribution in [3.05, 3.63) is 43.8 Å². The van der Waals surface area contributed by atoms with E-state index in [1.807, 2.05) is 26.0 Å². The Kier molecular flexibility index (Phi) is 3.92. The predicted octanol–water partition coefficient (Wildman–Crippen LogP) is 4.68. The molecule has 0 bridgehead atoms. The van der Waals surface area contributed by atoms with Crippen LogP contribution >= 0.6 is 34.5 Å². The summed E-state index contributed by atoms with van der Waals surface area (Å²) >= 11 is 13.6. The van der Waals surface area contributed by atoms with E-state index in [4.69, 9.17) is 23.2 Å². The zero-order chi connectivity index (χ0) is 12.4. The van der Waals surface area contributed by atoms with Crippen molar-refractivity contribution >= 4 is 40.2 Å². The lowest BCUT2D eigenvalue weighted by Crippen LogP contribution is -1.98. The summed E-state index contributed by atoms with van der Waals surface area (Å²) in [6, 6.07) is 5.43. The fraction of sp³-hybridized carbons (Fsp3) is 0.250. The number of nitrogens with zero attached hydrogens (tertiary/aromatic N) is 1. The van der Waals surface area contributed by atoms with E-state index in [0.717, 1.165) is 22.9 Å². The van der Waals surface area contributed by atoms with E-state index in [9.17, 15) is 0 Å². The average molecular weight is 287 g/mol. The molecule has 17 heavy (non-hydrogen) atoms. The van der Waals surface area contributed by atoms with Gasteiger partial charge in [-0.15, -0.1) is 11.3 Å². The first-order chi connectivity index (χ1) is 8.04. The van der Waals surface area contributed by atoms with Crippen LogP contribution in [0.5, 0.6) is 0 Å². The maximum atomic E-state index is 5.93. The SMILES string of the molecule is Cc1nc(C)c(CNc2cc(Cl)cc(Cl)c2)s1. The number of aryl methyl sites for hydroxylation is 2. The van der Waals surface area contributed by atoms with Crippen molar-refractivity contribution in [2.75, 3.05) is 5.32 Å². The van der Waals surface area contributed by atoms with Gasteiger partial charge in [-0.25, -0.2) is 4.98 Å². The van der Waals surface area contributed by atoms with Crippen LogP contribution in [0.3, 0.4) is 0 Å². The Morgan fingerprint density at radius 1 is 1.18 bits per heavy atom. The second-order valence-electron chi connectivity index (χ2n) is 3.75. The zero-order valence-corrected chi connectivity index (χ0v) is 11.9. The number of anilines is 1. The van der Waals surface area contributed by atoms with Gasteiger partial charge in [0.05, 0.1) is 17.2 Å². The maximum Gasteiger partial charge on any atom is 0.0900 e. The molecule has 0 fully saturated rings. The molecule has 0 unspecified atom stereocenters. The van der Waals surface area contributed by atoms with E-state index in [1.54, 1.807) is 17.4 Å². The van der Waals surface area contributed by atoms with Crippen molar-refractivity contribution in [3.63, 3.8) is 0 Å². The topological polar surface area (TPSA) is 24.9 Å². The fourth-order valence-electron chi connectivity index (χ4n) is 1.58. The van der Waals surface area contributed by atoms with Crippen LogP contribution in [0.15, 0.2) is 18.2 Å². The van der Waals surface area contributed by atoms with Gasteiger partial charge in [0.2, 0.25) is 0 Å². The van der Waals surface area contributed by atoms with Gasteiger partial charge in [0.15, 0.2) is 0 Å². The summed E-state index contributed by atoms with van der Waals surface area (Å²) in [7, 11) is 0. The number of benzene rings is 1. The van der Waals surface area contributed by atoms with Crippen LogP contribution in [0.2, 0.25) is 10.0 Å². The molecule has 0 saturated carbocycles. The van der Waals surface area contributed by atoms with Crippen LogP contribution in [0.4, 0.5) is 5.69 Å². The van der Waals surface area contributed by atoms with Crippen molar-refractivity contribution in [2.24, 2.45) is 0 Å². The molecule has 0 amide bonds. The van der Waals surface area contributed by atoms with Crippen molar-refractivity contribution in [3.8, 4) is 0 Å². The third-order valence-corrected chi connectivity index (χ3v) is 3.82. The molecule has 0 saturated heterocycles. The van der Waals surface area contributed by atoms with Crippen molar-refractivity contribution in [1.82, 2.24) is 4.98 Å². The minimum Gasteiger partial charge on any atom is -0.380 e. The van der Waals surface area contributed by atoms with Gasteiger partial charge in [-0.3, -0.25) is 0 Å². The van der Waals surface area contributed by atoms with E-state index < -0.39 is 0 Å². The molecule has 2 nitrogen and oxygen atoms in total. The molecule has 0 atom stereocenters. The molecule has 2 rings (SSSR count). The summed E-state index contributed by atoms with van der Waals surface area (Å²) in [4.78, 5) is 5.62. The van der Waals surface area contributed by atoms with E-state index in [1.165, 1.54) is 4.88 Å². The van der Waals surface area contributed by atoms with Gasteiger partial charge in [0.25, 0.3) is 0 Å². The number of nitrogens with one attached hydrogen (secondary N) is 1. The lowest BCUT2D eigenvalue weighted by Gasteiger charge is -2.06. The monoisotopic (exact) mass is 286 g/mol. The second-order valence-corrected chi connectivity index (χ2v) is 5.91. The highest BCUT2D eigenvalue weighted by molar-refractivity contribution is 7.11. The highest BCUT2D eigenvalue weighted by atomic mass is 35.5. The van der Waals surface area contributed by atoms with E-state index in [-0.39, 0.29) is 0 Å². The summed E-state index contributed by atoms with van der Waals surface area (Å²) in [6.07, 6.45) is 0. The smallest absolute Gasteiger partial charge is 0.0900 e. The van der Waals surface area contributed by atoms with Crippen molar-refractivity contribution in [2.45, 2.75) is 20.4 Å². The summed E-state index contributed by atoms with van der Waals surface area (Å²) < 4.78 is 0. The molecule has 5 heteroatoms. The van der Waals surface area contributed by atoms with Gasteiger partial charge < -0.3 is 5.32 Å². The summed E-state index contributed by atoms with van der Waals surface area (Å²) in [5.74, 6) is 0. The standard InChI is InChI=1S/C12H12Cl2N2S/c1-7-12(17-8(2)16-7)6-15-11-4-9(13)3-10(14)5-11/h3-5,15H,6H2,1-2H3. The minimum absolute atomic E-state index is 0.636. The van der Waals surface area contributed by atoms with Gasteiger partial charge in [-0.05, 0) is 32.0 Å². The minimum atomic E-state index is 0.636. The lowest BCUT2D eigenvalue weighted by atomic mass is 10.3. The largest absolute Gasteiger partial charge is 0.380 e. The van der Waals surface area contributed by atoms with E-state index in [0.29, 0.717) is 10.0 Å². The van der Waals surface area contributed by atoms with Gasteiger partial charge in [-0.1, -0.05) is 23.2 Å². The Balaban J connectivity index is 2.09. The zero-order valence-electron chi connectivity index (χ0n) is 9.55. The lowest BCUT2D eigenvalue weighted by molar-refractivity contribution is 1.11. The molecule has 0 aliphatic carbocycles.